The zero-order valence-electron chi connectivity index (χ0n) is 16.3. The van der Waals surface area contributed by atoms with E-state index in [9.17, 15) is 17.6 Å². The van der Waals surface area contributed by atoms with Gasteiger partial charge in [0.25, 0.3) is 0 Å². The Labute approximate surface area is 165 Å². The average Bonchev–Trinajstić information content (AvgIpc) is 2.65. The van der Waals surface area contributed by atoms with Crippen molar-refractivity contribution in [2.75, 3.05) is 17.7 Å². The molecule has 28 heavy (non-hydrogen) atoms. The second-order valence-electron chi connectivity index (χ2n) is 6.44. The van der Waals surface area contributed by atoms with Gasteiger partial charge in [-0.2, -0.15) is 0 Å². The first-order valence-corrected chi connectivity index (χ1v) is 10.7. The molecule has 0 aromatic heterocycles. The molecule has 0 saturated heterocycles. The van der Waals surface area contributed by atoms with Crippen molar-refractivity contribution in [1.82, 2.24) is 5.32 Å². The van der Waals surface area contributed by atoms with Gasteiger partial charge in [0.05, 0.1) is 25.1 Å². The fraction of sp³-hybridized carbons (Fsp3) is 0.350. The monoisotopic (exact) mass is 408 g/mol. The Kier molecular flexibility index (Phi) is 7.01. The molecule has 2 atom stereocenters. The summed E-state index contributed by atoms with van der Waals surface area (Å²) in [5.41, 5.74) is 0.685. The predicted octanol–water partition coefficient (Wildman–Crippen LogP) is 3.26. The van der Waals surface area contributed by atoms with Crippen LogP contribution < -0.4 is 14.4 Å². The van der Waals surface area contributed by atoms with Gasteiger partial charge in [0, 0.05) is 0 Å². The maximum absolute atomic E-state index is 14.3. The molecule has 1 N–H and O–H groups in total. The lowest BCUT2D eigenvalue weighted by Gasteiger charge is -2.31. The average molecular weight is 408 g/mol. The molecule has 0 aliphatic carbocycles. The van der Waals surface area contributed by atoms with Crippen LogP contribution in [0.1, 0.15) is 31.9 Å². The van der Waals surface area contributed by atoms with Crippen LogP contribution in [-0.4, -0.2) is 33.7 Å². The molecular weight excluding hydrogens is 383 g/mol. The van der Waals surface area contributed by atoms with Crippen molar-refractivity contribution in [2.24, 2.45) is 0 Å². The number of carbonyl (C=O) groups is 1. The molecule has 2 rings (SSSR count). The zero-order valence-corrected chi connectivity index (χ0v) is 17.2. The minimum absolute atomic E-state index is 0.149. The van der Waals surface area contributed by atoms with Crippen LogP contribution >= 0.6 is 0 Å². The number of nitrogens with zero attached hydrogens (tertiary/aromatic N) is 1. The van der Waals surface area contributed by atoms with Crippen LogP contribution in [0.5, 0.6) is 5.75 Å². The lowest BCUT2D eigenvalue weighted by molar-refractivity contribution is -0.122. The van der Waals surface area contributed by atoms with Crippen molar-refractivity contribution in [2.45, 2.75) is 32.4 Å². The first-order chi connectivity index (χ1) is 13.2. The van der Waals surface area contributed by atoms with E-state index in [1.807, 2.05) is 12.1 Å². The Morgan fingerprint density at radius 1 is 1.18 bits per heavy atom. The summed E-state index contributed by atoms with van der Waals surface area (Å²) in [4.78, 5) is 12.9. The number of methoxy groups -OCH3 is 1. The van der Waals surface area contributed by atoms with Gasteiger partial charge in [0.15, 0.2) is 0 Å². The number of anilines is 1. The van der Waals surface area contributed by atoms with Crippen LogP contribution in [0.15, 0.2) is 48.5 Å². The normalized spacial score (nSPS) is 13.5. The lowest BCUT2D eigenvalue weighted by Crippen LogP contribution is -2.50. The number of halogens is 1. The van der Waals surface area contributed by atoms with E-state index < -0.39 is 27.8 Å². The molecule has 2 aromatic carbocycles. The number of sulfonamides is 1. The fourth-order valence-electron chi connectivity index (χ4n) is 2.95. The molecule has 0 aliphatic rings. The van der Waals surface area contributed by atoms with Gasteiger partial charge in [-0.3, -0.25) is 9.10 Å². The van der Waals surface area contributed by atoms with E-state index in [0.717, 1.165) is 22.2 Å². The highest BCUT2D eigenvalue weighted by Gasteiger charge is 2.33. The van der Waals surface area contributed by atoms with Gasteiger partial charge >= 0.3 is 0 Å². The standard InChI is InChI=1S/C20H25FN2O4S/c1-5-18(23(28(4,25)26)19-9-7-6-8-17(19)21)20(24)22-14(2)15-10-12-16(27-3)13-11-15/h6-14,18H,5H2,1-4H3,(H,22,24)/t14-,18-/m0/s1. The van der Waals surface area contributed by atoms with Crippen molar-refractivity contribution in [3.63, 3.8) is 0 Å². The number of benzene rings is 2. The predicted molar refractivity (Wildman–Crippen MR) is 107 cm³/mol. The number of ether oxygens (including phenoxy) is 1. The number of hydrogen-bond donors (Lipinski definition) is 1. The summed E-state index contributed by atoms with van der Waals surface area (Å²) in [6.07, 6.45) is 1.14. The molecule has 0 spiro atoms. The van der Waals surface area contributed by atoms with Crippen LogP contribution in [0.3, 0.4) is 0 Å². The summed E-state index contributed by atoms with van der Waals surface area (Å²) >= 11 is 0. The molecule has 152 valence electrons. The van der Waals surface area contributed by atoms with E-state index in [4.69, 9.17) is 4.74 Å². The zero-order chi connectivity index (χ0) is 20.9. The number of nitrogens with one attached hydrogen (secondary N) is 1. The summed E-state index contributed by atoms with van der Waals surface area (Å²) in [7, 11) is -2.33. The van der Waals surface area contributed by atoms with E-state index >= 15 is 0 Å². The Morgan fingerprint density at radius 2 is 1.79 bits per heavy atom. The highest BCUT2D eigenvalue weighted by atomic mass is 32.2. The van der Waals surface area contributed by atoms with Gasteiger partial charge < -0.3 is 10.1 Å². The summed E-state index contributed by atoms with van der Waals surface area (Å²) in [6, 6.07) is 11.2. The molecule has 0 bridgehead atoms. The molecule has 0 heterocycles. The third-order valence-corrected chi connectivity index (χ3v) is 5.56. The lowest BCUT2D eigenvalue weighted by atomic mass is 10.1. The Hall–Kier alpha value is -2.61. The molecule has 1 amide bonds. The summed E-state index contributed by atoms with van der Waals surface area (Å²) in [6.45, 7) is 3.47. The minimum atomic E-state index is -3.89. The summed E-state index contributed by atoms with van der Waals surface area (Å²) in [5.74, 6) is -0.515. The Balaban J connectivity index is 2.29. The number of carbonyl (C=O) groups excluding carboxylic acids is 1. The molecule has 2 aromatic rings. The molecular formula is C20H25FN2O4S. The van der Waals surface area contributed by atoms with Gasteiger partial charge in [-0.05, 0) is 43.2 Å². The van der Waals surface area contributed by atoms with Gasteiger partial charge in [-0.1, -0.05) is 31.2 Å². The van der Waals surface area contributed by atoms with E-state index in [1.54, 1.807) is 33.1 Å². The smallest absolute Gasteiger partial charge is 0.244 e. The van der Waals surface area contributed by atoms with E-state index in [-0.39, 0.29) is 18.2 Å². The van der Waals surface area contributed by atoms with Crippen molar-refractivity contribution in [3.8, 4) is 5.75 Å². The number of hydrogen-bond acceptors (Lipinski definition) is 4. The molecule has 8 heteroatoms. The third kappa shape index (κ3) is 5.01. The maximum Gasteiger partial charge on any atom is 0.244 e. The SMILES string of the molecule is CC[C@@H](C(=O)N[C@@H](C)c1ccc(OC)cc1)N(c1ccccc1F)S(C)(=O)=O. The number of para-hydroxylation sites is 1. The summed E-state index contributed by atoms with van der Waals surface area (Å²) < 4.78 is 45.0. The Bertz CT molecular complexity index is 916. The first-order valence-electron chi connectivity index (χ1n) is 8.87. The molecule has 0 fully saturated rings. The molecule has 0 radical (unpaired) electrons. The van der Waals surface area contributed by atoms with Gasteiger partial charge in [-0.15, -0.1) is 0 Å². The van der Waals surface area contributed by atoms with E-state index in [1.165, 1.54) is 18.2 Å². The molecule has 0 saturated carbocycles. The van der Waals surface area contributed by atoms with E-state index in [0.29, 0.717) is 5.75 Å². The number of rotatable bonds is 8. The minimum Gasteiger partial charge on any atom is -0.497 e. The highest BCUT2D eigenvalue weighted by molar-refractivity contribution is 7.92. The maximum atomic E-state index is 14.3. The second kappa shape index (κ2) is 9.05. The van der Waals surface area contributed by atoms with Crippen LogP contribution in [-0.2, 0) is 14.8 Å². The summed E-state index contributed by atoms with van der Waals surface area (Å²) in [5, 5.41) is 2.82. The van der Waals surface area contributed by atoms with Crippen molar-refractivity contribution in [1.29, 1.82) is 0 Å². The van der Waals surface area contributed by atoms with Gasteiger partial charge in [0.1, 0.15) is 17.6 Å². The highest BCUT2D eigenvalue weighted by Crippen LogP contribution is 2.26. The molecule has 6 nitrogen and oxygen atoms in total. The van der Waals surface area contributed by atoms with Gasteiger partial charge in [-0.25, -0.2) is 12.8 Å². The van der Waals surface area contributed by atoms with E-state index in [2.05, 4.69) is 5.32 Å². The quantitative estimate of drug-likeness (QED) is 0.728. The third-order valence-electron chi connectivity index (χ3n) is 4.39. The fourth-order valence-corrected chi connectivity index (χ4v) is 4.16. The van der Waals surface area contributed by atoms with Gasteiger partial charge in [0.2, 0.25) is 15.9 Å². The van der Waals surface area contributed by atoms with Crippen molar-refractivity contribution < 1.29 is 22.3 Å². The second-order valence-corrected chi connectivity index (χ2v) is 8.30. The molecule has 0 unspecified atom stereocenters. The first kappa shape index (κ1) is 21.7. The van der Waals surface area contributed by atoms with Crippen molar-refractivity contribution in [3.05, 3.63) is 59.9 Å². The van der Waals surface area contributed by atoms with Crippen LogP contribution in [0.2, 0.25) is 0 Å². The number of amides is 1. The topological polar surface area (TPSA) is 75.7 Å². The van der Waals surface area contributed by atoms with Crippen molar-refractivity contribution >= 4 is 21.6 Å². The molecule has 0 aliphatic heterocycles. The largest absolute Gasteiger partial charge is 0.497 e. The van der Waals surface area contributed by atoms with Crippen LogP contribution in [0, 0.1) is 5.82 Å². The Morgan fingerprint density at radius 3 is 2.29 bits per heavy atom. The van der Waals surface area contributed by atoms with Crippen LogP contribution in [0.25, 0.3) is 0 Å². The van der Waals surface area contributed by atoms with Crippen LogP contribution in [0.4, 0.5) is 10.1 Å².